The molecule has 2 rings (SSSR count). The van der Waals surface area contributed by atoms with Crippen molar-refractivity contribution in [3.05, 3.63) is 29.6 Å². The molecule has 3 heteroatoms. The molecule has 1 unspecified atom stereocenters. The molecular formula is C9H12N2S. The molecule has 0 spiro atoms. The summed E-state index contributed by atoms with van der Waals surface area (Å²) in [4.78, 5) is 4.14. The number of pyridine rings is 1. The topological polar surface area (TPSA) is 24.9 Å². The van der Waals surface area contributed by atoms with Crippen molar-refractivity contribution >= 4 is 11.8 Å². The Morgan fingerprint density at radius 1 is 1.67 bits per heavy atom. The van der Waals surface area contributed by atoms with Crippen molar-refractivity contribution in [1.29, 1.82) is 0 Å². The third-order valence-electron chi connectivity index (χ3n) is 2.08. The fourth-order valence-electron chi connectivity index (χ4n) is 1.38. The van der Waals surface area contributed by atoms with E-state index in [9.17, 15) is 0 Å². The second kappa shape index (κ2) is 3.46. The zero-order chi connectivity index (χ0) is 8.39. The van der Waals surface area contributed by atoms with Crippen LogP contribution in [0.2, 0.25) is 0 Å². The van der Waals surface area contributed by atoms with Crippen molar-refractivity contribution in [3.63, 3.8) is 0 Å². The summed E-state index contributed by atoms with van der Waals surface area (Å²) in [6.07, 6.45) is 3.81. The Morgan fingerprint density at radius 2 is 2.58 bits per heavy atom. The van der Waals surface area contributed by atoms with Crippen LogP contribution in [0.4, 0.5) is 0 Å². The number of hydrogen-bond acceptors (Lipinski definition) is 3. The first-order valence-corrected chi connectivity index (χ1v) is 5.18. The minimum atomic E-state index is 0.471. The van der Waals surface area contributed by atoms with Gasteiger partial charge in [0.25, 0.3) is 0 Å². The first-order valence-electron chi connectivity index (χ1n) is 4.13. The number of thioether (sulfide) groups is 1. The number of nitrogens with zero attached hydrogens (tertiary/aromatic N) is 1. The molecule has 0 radical (unpaired) electrons. The van der Waals surface area contributed by atoms with Gasteiger partial charge in [-0.3, -0.25) is 4.98 Å². The summed E-state index contributed by atoms with van der Waals surface area (Å²) in [6.45, 7) is 3.25. The third kappa shape index (κ3) is 1.47. The van der Waals surface area contributed by atoms with Crippen molar-refractivity contribution < 1.29 is 0 Å². The molecule has 0 aliphatic carbocycles. The van der Waals surface area contributed by atoms with Gasteiger partial charge < -0.3 is 5.32 Å². The first-order chi connectivity index (χ1) is 5.88. The molecule has 1 fully saturated rings. The molecule has 12 heavy (non-hydrogen) atoms. The molecule has 1 aliphatic heterocycles. The maximum atomic E-state index is 4.14. The summed E-state index contributed by atoms with van der Waals surface area (Å²) in [5.41, 5.74) is 2.66. The standard InChI is InChI=1S/C9H12N2S/c1-7-2-3-10-6-8(7)9-11-4-5-12-9/h2-3,6,9,11H,4-5H2,1H3. The van der Waals surface area contributed by atoms with Crippen LogP contribution in [0.3, 0.4) is 0 Å². The fourth-order valence-corrected chi connectivity index (χ4v) is 2.51. The van der Waals surface area contributed by atoms with E-state index in [1.54, 1.807) is 0 Å². The lowest BCUT2D eigenvalue weighted by Gasteiger charge is -2.11. The van der Waals surface area contributed by atoms with Gasteiger partial charge in [-0.1, -0.05) is 0 Å². The lowest BCUT2D eigenvalue weighted by Crippen LogP contribution is -2.13. The molecule has 0 aromatic carbocycles. The molecule has 0 bridgehead atoms. The van der Waals surface area contributed by atoms with Gasteiger partial charge >= 0.3 is 0 Å². The van der Waals surface area contributed by atoms with E-state index in [0.717, 1.165) is 6.54 Å². The van der Waals surface area contributed by atoms with Gasteiger partial charge in [-0.05, 0) is 18.6 Å². The van der Waals surface area contributed by atoms with Gasteiger partial charge in [0.1, 0.15) is 0 Å². The highest BCUT2D eigenvalue weighted by Crippen LogP contribution is 2.30. The average Bonchev–Trinajstić information content (AvgIpc) is 2.57. The minimum absolute atomic E-state index is 0.471. The van der Waals surface area contributed by atoms with E-state index in [-0.39, 0.29) is 0 Å². The van der Waals surface area contributed by atoms with E-state index in [2.05, 4.69) is 23.3 Å². The summed E-state index contributed by atoms with van der Waals surface area (Å²) in [5, 5.41) is 3.91. The number of aryl methyl sites for hydroxylation is 1. The molecule has 0 saturated carbocycles. The molecule has 1 aliphatic rings. The Bertz CT molecular complexity index is 269. The van der Waals surface area contributed by atoms with E-state index < -0.39 is 0 Å². The molecule has 0 amide bonds. The van der Waals surface area contributed by atoms with Gasteiger partial charge in [0, 0.05) is 30.3 Å². The Labute approximate surface area is 76.8 Å². The van der Waals surface area contributed by atoms with E-state index in [1.807, 2.05) is 24.2 Å². The number of nitrogens with one attached hydrogen (secondary N) is 1. The molecular weight excluding hydrogens is 168 g/mol. The van der Waals surface area contributed by atoms with Crippen LogP contribution in [0.25, 0.3) is 0 Å². The second-order valence-corrected chi connectivity index (χ2v) is 4.15. The van der Waals surface area contributed by atoms with Crippen LogP contribution in [0, 0.1) is 6.92 Å². The smallest absolute Gasteiger partial charge is 0.0807 e. The van der Waals surface area contributed by atoms with E-state index in [1.165, 1.54) is 16.9 Å². The van der Waals surface area contributed by atoms with Gasteiger partial charge in [0.15, 0.2) is 0 Å². The summed E-state index contributed by atoms with van der Waals surface area (Å²) in [5.74, 6) is 1.21. The highest BCUT2D eigenvalue weighted by molar-refractivity contribution is 7.99. The molecule has 2 nitrogen and oxygen atoms in total. The fraction of sp³-hybridized carbons (Fsp3) is 0.444. The predicted octanol–water partition coefficient (Wildman–Crippen LogP) is 1.73. The monoisotopic (exact) mass is 180 g/mol. The van der Waals surface area contributed by atoms with Crippen LogP contribution in [0.5, 0.6) is 0 Å². The Balaban J connectivity index is 2.26. The van der Waals surface area contributed by atoms with Crippen LogP contribution >= 0.6 is 11.8 Å². The lowest BCUT2D eigenvalue weighted by atomic mass is 10.1. The summed E-state index contributed by atoms with van der Waals surface area (Å²) < 4.78 is 0. The SMILES string of the molecule is Cc1ccncc1C1NCCS1. The molecule has 2 heterocycles. The largest absolute Gasteiger partial charge is 0.301 e. The molecule has 1 N–H and O–H groups in total. The first kappa shape index (κ1) is 8.08. The number of hydrogen-bond donors (Lipinski definition) is 1. The van der Waals surface area contributed by atoms with Gasteiger partial charge in [-0.2, -0.15) is 0 Å². The molecule has 1 aromatic rings. The van der Waals surface area contributed by atoms with Gasteiger partial charge in [0.05, 0.1) is 5.37 Å². The van der Waals surface area contributed by atoms with Crippen molar-refractivity contribution in [1.82, 2.24) is 10.3 Å². The van der Waals surface area contributed by atoms with Gasteiger partial charge in [-0.25, -0.2) is 0 Å². The molecule has 1 atom stereocenters. The normalized spacial score (nSPS) is 22.9. The molecule has 64 valence electrons. The van der Waals surface area contributed by atoms with Crippen LogP contribution in [-0.2, 0) is 0 Å². The van der Waals surface area contributed by atoms with Crippen LogP contribution in [-0.4, -0.2) is 17.3 Å². The van der Waals surface area contributed by atoms with Crippen LogP contribution < -0.4 is 5.32 Å². The third-order valence-corrected chi connectivity index (χ3v) is 3.27. The summed E-state index contributed by atoms with van der Waals surface area (Å²) >= 11 is 1.96. The van der Waals surface area contributed by atoms with E-state index in [0.29, 0.717) is 5.37 Å². The highest BCUT2D eigenvalue weighted by atomic mass is 32.2. The van der Waals surface area contributed by atoms with E-state index in [4.69, 9.17) is 0 Å². The number of aromatic nitrogens is 1. The average molecular weight is 180 g/mol. The summed E-state index contributed by atoms with van der Waals surface area (Å²) in [6, 6.07) is 2.07. The van der Waals surface area contributed by atoms with Crippen LogP contribution in [0.15, 0.2) is 18.5 Å². The second-order valence-electron chi connectivity index (χ2n) is 2.94. The van der Waals surface area contributed by atoms with Crippen molar-refractivity contribution in [2.24, 2.45) is 0 Å². The quantitative estimate of drug-likeness (QED) is 0.712. The molecule has 1 saturated heterocycles. The highest BCUT2D eigenvalue weighted by Gasteiger charge is 2.17. The minimum Gasteiger partial charge on any atom is -0.301 e. The van der Waals surface area contributed by atoms with Gasteiger partial charge in [-0.15, -0.1) is 11.8 Å². The van der Waals surface area contributed by atoms with Crippen LogP contribution in [0.1, 0.15) is 16.5 Å². The Hall–Kier alpha value is -0.540. The zero-order valence-electron chi connectivity index (χ0n) is 7.08. The number of rotatable bonds is 1. The maximum absolute atomic E-state index is 4.14. The summed E-state index contributed by atoms with van der Waals surface area (Å²) in [7, 11) is 0. The lowest BCUT2D eigenvalue weighted by molar-refractivity contribution is 0.744. The van der Waals surface area contributed by atoms with Crippen molar-refractivity contribution in [3.8, 4) is 0 Å². The maximum Gasteiger partial charge on any atom is 0.0807 e. The Kier molecular flexibility index (Phi) is 2.33. The van der Waals surface area contributed by atoms with Crippen molar-refractivity contribution in [2.45, 2.75) is 12.3 Å². The van der Waals surface area contributed by atoms with Crippen molar-refractivity contribution in [2.75, 3.05) is 12.3 Å². The van der Waals surface area contributed by atoms with E-state index >= 15 is 0 Å². The predicted molar refractivity (Wildman–Crippen MR) is 52.2 cm³/mol. The molecule has 1 aromatic heterocycles. The zero-order valence-corrected chi connectivity index (χ0v) is 7.90. The Morgan fingerprint density at radius 3 is 3.25 bits per heavy atom. The van der Waals surface area contributed by atoms with Gasteiger partial charge in [0.2, 0.25) is 0 Å².